The minimum Gasteiger partial charge on any atom is -0.471 e. The number of aliphatic hydroxyl groups excluding tert-OH is 1. The molecule has 1 saturated carbocycles. The van der Waals surface area contributed by atoms with Crippen LogP contribution in [0, 0.1) is 6.92 Å². The van der Waals surface area contributed by atoms with E-state index in [2.05, 4.69) is 34.3 Å². The quantitative estimate of drug-likeness (QED) is 0.666. The van der Waals surface area contributed by atoms with Gasteiger partial charge in [-0.3, -0.25) is 9.48 Å². The molecule has 7 nitrogen and oxygen atoms in total. The maximum Gasteiger partial charge on any atom is 0.260 e. The summed E-state index contributed by atoms with van der Waals surface area (Å²) in [6.07, 6.45) is 6.44. The molecule has 1 aliphatic carbocycles. The minimum atomic E-state index is -0.504. The van der Waals surface area contributed by atoms with Gasteiger partial charge in [0, 0.05) is 38.1 Å². The Labute approximate surface area is 187 Å². The summed E-state index contributed by atoms with van der Waals surface area (Å²) in [5.74, 6) is 0.281. The van der Waals surface area contributed by atoms with Gasteiger partial charge in [-0.2, -0.15) is 5.10 Å². The van der Waals surface area contributed by atoms with Crippen molar-refractivity contribution in [2.45, 2.75) is 57.9 Å². The summed E-state index contributed by atoms with van der Waals surface area (Å²) in [6.45, 7) is 3.05. The molecule has 3 aromatic rings. The molecule has 3 heterocycles. The highest BCUT2D eigenvalue weighted by atomic mass is 16.5. The van der Waals surface area contributed by atoms with Gasteiger partial charge in [-0.15, -0.1) is 0 Å². The van der Waals surface area contributed by atoms with Crippen molar-refractivity contribution in [1.29, 1.82) is 0 Å². The molecule has 1 aromatic carbocycles. The monoisotopic (exact) mass is 432 g/mol. The van der Waals surface area contributed by atoms with E-state index >= 15 is 0 Å². The van der Waals surface area contributed by atoms with Gasteiger partial charge in [0.2, 0.25) is 5.88 Å². The van der Waals surface area contributed by atoms with Gasteiger partial charge in [0.15, 0.2) is 0 Å². The Balaban J connectivity index is 1.31. The van der Waals surface area contributed by atoms with Crippen LogP contribution in [0.15, 0.2) is 42.7 Å². The highest BCUT2D eigenvalue weighted by Crippen LogP contribution is 2.33. The molecule has 0 spiro atoms. The third kappa shape index (κ3) is 3.88. The molecule has 166 valence electrons. The predicted octanol–water partition coefficient (Wildman–Crippen LogP) is 3.63. The van der Waals surface area contributed by atoms with E-state index in [1.54, 1.807) is 6.20 Å². The lowest BCUT2D eigenvalue weighted by Gasteiger charge is -2.28. The Morgan fingerprint density at radius 3 is 2.66 bits per heavy atom. The van der Waals surface area contributed by atoms with E-state index in [4.69, 9.17) is 4.74 Å². The lowest BCUT2D eigenvalue weighted by Crippen LogP contribution is -2.35. The number of carbonyl (C=O) groups is 1. The van der Waals surface area contributed by atoms with Gasteiger partial charge >= 0.3 is 0 Å². The fourth-order valence-corrected chi connectivity index (χ4v) is 4.74. The van der Waals surface area contributed by atoms with E-state index in [0.29, 0.717) is 24.5 Å². The number of nitrogens with zero attached hydrogens (tertiary/aromatic N) is 4. The lowest BCUT2D eigenvalue weighted by molar-refractivity contribution is 0.00397. The standard InChI is InChI=1S/C25H28N4O3/c1-16-20(15-28(2)27-16)18-9-7-17(8-10-18)13-29-14-19-11-12-26-24(23(19)25(29)31)32-22-6-4-3-5-21(22)30/h7-12,15,21-22,30H,3-6,13-14H2,1-2H3/t21-,22-/m1/s1. The summed E-state index contributed by atoms with van der Waals surface area (Å²) in [5.41, 5.74) is 5.74. The van der Waals surface area contributed by atoms with Crippen LogP contribution in [-0.2, 0) is 20.1 Å². The molecule has 0 bridgehead atoms. The number of amides is 1. The molecule has 0 saturated heterocycles. The van der Waals surface area contributed by atoms with Crippen molar-refractivity contribution in [2.24, 2.45) is 7.05 Å². The van der Waals surface area contributed by atoms with Crippen molar-refractivity contribution in [3.63, 3.8) is 0 Å². The number of hydrogen-bond acceptors (Lipinski definition) is 5. The van der Waals surface area contributed by atoms with Crippen molar-refractivity contribution in [3.8, 4) is 17.0 Å². The fourth-order valence-electron chi connectivity index (χ4n) is 4.74. The first kappa shape index (κ1) is 20.7. The highest BCUT2D eigenvalue weighted by molar-refractivity contribution is 6.00. The number of fused-ring (bicyclic) bond motifs is 1. The first-order valence-corrected chi connectivity index (χ1v) is 11.2. The zero-order chi connectivity index (χ0) is 22.2. The zero-order valence-electron chi connectivity index (χ0n) is 18.5. The first-order chi connectivity index (χ1) is 15.5. The Hall–Kier alpha value is -3.19. The second-order valence-electron chi connectivity index (χ2n) is 8.82. The molecular formula is C25H28N4O3. The highest BCUT2D eigenvalue weighted by Gasteiger charge is 2.34. The summed E-state index contributed by atoms with van der Waals surface area (Å²) in [6, 6.07) is 10.2. The van der Waals surface area contributed by atoms with Crippen molar-refractivity contribution in [1.82, 2.24) is 19.7 Å². The van der Waals surface area contributed by atoms with Crippen LogP contribution in [0.1, 0.15) is 52.9 Å². The van der Waals surface area contributed by atoms with Crippen LogP contribution < -0.4 is 4.74 Å². The van der Waals surface area contributed by atoms with Crippen LogP contribution in [0.3, 0.4) is 0 Å². The number of aryl methyl sites for hydroxylation is 2. The Bertz CT molecular complexity index is 1140. The lowest BCUT2D eigenvalue weighted by atomic mass is 9.95. The van der Waals surface area contributed by atoms with Gasteiger partial charge in [-0.05, 0) is 48.9 Å². The van der Waals surface area contributed by atoms with Crippen LogP contribution >= 0.6 is 0 Å². The Morgan fingerprint density at radius 2 is 1.94 bits per heavy atom. The number of benzene rings is 1. The average molecular weight is 433 g/mol. The van der Waals surface area contributed by atoms with Crippen LogP contribution in [0.4, 0.5) is 0 Å². The van der Waals surface area contributed by atoms with Crippen LogP contribution in [-0.4, -0.2) is 42.9 Å². The van der Waals surface area contributed by atoms with E-state index in [1.807, 2.05) is 35.8 Å². The normalized spacial score (nSPS) is 20.5. The van der Waals surface area contributed by atoms with Gasteiger partial charge < -0.3 is 14.7 Å². The van der Waals surface area contributed by atoms with Crippen molar-refractivity contribution in [3.05, 3.63) is 65.1 Å². The maximum atomic E-state index is 13.2. The number of hydrogen-bond donors (Lipinski definition) is 1. The van der Waals surface area contributed by atoms with Crippen LogP contribution in [0.5, 0.6) is 5.88 Å². The van der Waals surface area contributed by atoms with E-state index in [0.717, 1.165) is 53.6 Å². The van der Waals surface area contributed by atoms with E-state index in [1.165, 1.54) is 0 Å². The maximum absolute atomic E-state index is 13.2. The molecule has 2 atom stereocenters. The van der Waals surface area contributed by atoms with Crippen molar-refractivity contribution < 1.29 is 14.6 Å². The largest absolute Gasteiger partial charge is 0.471 e. The summed E-state index contributed by atoms with van der Waals surface area (Å²) in [4.78, 5) is 19.4. The predicted molar refractivity (Wildman–Crippen MR) is 120 cm³/mol. The molecule has 2 aromatic heterocycles. The number of rotatable bonds is 5. The molecule has 0 radical (unpaired) electrons. The molecule has 5 rings (SSSR count). The fraction of sp³-hybridized carbons (Fsp3) is 0.400. The molecular weight excluding hydrogens is 404 g/mol. The van der Waals surface area contributed by atoms with Crippen molar-refractivity contribution in [2.75, 3.05) is 0 Å². The van der Waals surface area contributed by atoms with Gasteiger partial charge in [0.25, 0.3) is 5.91 Å². The minimum absolute atomic E-state index is 0.0689. The number of carbonyl (C=O) groups excluding carboxylic acids is 1. The molecule has 1 amide bonds. The second-order valence-corrected chi connectivity index (χ2v) is 8.82. The van der Waals surface area contributed by atoms with Gasteiger partial charge in [-0.1, -0.05) is 30.7 Å². The number of aromatic nitrogens is 3. The van der Waals surface area contributed by atoms with Crippen molar-refractivity contribution >= 4 is 5.91 Å². The smallest absolute Gasteiger partial charge is 0.260 e. The SMILES string of the molecule is Cc1nn(C)cc1-c1ccc(CN2Cc3ccnc(O[C@@H]4CCCC[C@H]4O)c3C2=O)cc1. The van der Waals surface area contributed by atoms with Crippen LogP contribution in [0.2, 0.25) is 0 Å². The summed E-state index contributed by atoms with van der Waals surface area (Å²) >= 11 is 0. The van der Waals surface area contributed by atoms with Gasteiger partial charge in [-0.25, -0.2) is 4.98 Å². The molecule has 1 aliphatic heterocycles. The molecule has 0 unspecified atom stereocenters. The Morgan fingerprint density at radius 1 is 1.16 bits per heavy atom. The molecule has 32 heavy (non-hydrogen) atoms. The summed E-state index contributed by atoms with van der Waals surface area (Å²) < 4.78 is 7.86. The Kier molecular flexibility index (Phi) is 5.43. The number of pyridine rings is 1. The van der Waals surface area contributed by atoms with Crippen LogP contribution in [0.25, 0.3) is 11.1 Å². The molecule has 2 aliphatic rings. The molecule has 1 N–H and O–H groups in total. The topological polar surface area (TPSA) is 80.5 Å². The third-order valence-corrected chi connectivity index (χ3v) is 6.45. The average Bonchev–Trinajstić information content (AvgIpc) is 3.29. The number of aliphatic hydroxyl groups is 1. The van der Waals surface area contributed by atoms with E-state index in [-0.39, 0.29) is 12.0 Å². The van der Waals surface area contributed by atoms with E-state index in [9.17, 15) is 9.90 Å². The third-order valence-electron chi connectivity index (χ3n) is 6.45. The van der Waals surface area contributed by atoms with E-state index < -0.39 is 6.10 Å². The molecule has 7 heteroatoms. The number of ether oxygens (including phenoxy) is 1. The second kappa shape index (κ2) is 8.39. The molecule has 1 fully saturated rings. The summed E-state index contributed by atoms with van der Waals surface area (Å²) in [7, 11) is 1.92. The van der Waals surface area contributed by atoms with Gasteiger partial charge in [0.05, 0.1) is 11.8 Å². The van der Waals surface area contributed by atoms with Gasteiger partial charge in [0.1, 0.15) is 11.7 Å². The zero-order valence-corrected chi connectivity index (χ0v) is 18.5. The first-order valence-electron chi connectivity index (χ1n) is 11.2. The summed E-state index contributed by atoms with van der Waals surface area (Å²) in [5, 5.41) is 14.7.